The molecule has 1 heterocycles. The lowest BCUT2D eigenvalue weighted by Crippen LogP contribution is -2.66. The molecule has 5 nitrogen and oxygen atoms in total. The van der Waals surface area contributed by atoms with Gasteiger partial charge in [-0.3, -0.25) is 4.79 Å². The van der Waals surface area contributed by atoms with E-state index in [1.54, 1.807) is 30.3 Å². The number of methoxy groups -OCH3 is 1. The van der Waals surface area contributed by atoms with E-state index in [-0.39, 0.29) is 24.9 Å². The van der Waals surface area contributed by atoms with Crippen molar-refractivity contribution >= 4 is 5.91 Å². The van der Waals surface area contributed by atoms with Gasteiger partial charge in [-0.2, -0.15) is 5.26 Å². The zero-order valence-corrected chi connectivity index (χ0v) is 14.3. The SMILES string of the molecule is COCC(=O)N1[C@H](C#N)[C@@H](c2ccccc2-c2ccccc2F)[C@@H]1CO. The van der Waals surface area contributed by atoms with Crippen LogP contribution < -0.4 is 0 Å². The zero-order chi connectivity index (χ0) is 18.7. The summed E-state index contributed by atoms with van der Waals surface area (Å²) in [5.74, 6) is -1.11. The average molecular weight is 354 g/mol. The van der Waals surface area contributed by atoms with Crippen LogP contribution in [0.3, 0.4) is 0 Å². The Balaban J connectivity index is 2.03. The van der Waals surface area contributed by atoms with Gasteiger partial charge in [0.1, 0.15) is 18.5 Å². The van der Waals surface area contributed by atoms with Crippen LogP contribution in [0.1, 0.15) is 11.5 Å². The molecule has 6 heteroatoms. The highest BCUT2D eigenvalue weighted by Gasteiger charge is 2.52. The summed E-state index contributed by atoms with van der Waals surface area (Å²) >= 11 is 0. The third-order valence-corrected chi connectivity index (χ3v) is 4.77. The lowest BCUT2D eigenvalue weighted by Gasteiger charge is -2.52. The molecule has 1 amide bonds. The molecule has 1 fully saturated rings. The van der Waals surface area contributed by atoms with Crippen molar-refractivity contribution in [2.75, 3.05) is 20.3 Å². The van der Waals surface area contributed by atoms with Gasteiger partial charge in [0.25, 0.3) is 0 Å². The number of rotatable bonds is 5. The molecule has 1 saturated heterocycles. The van der Waals surface area contributed by atoms with Crippen LogP contribution >= 0.6 is 0 Å². The molecule has 0 aliphatic carbocycles. The van der Waals surface area contributed by atoms with Crippen LogP contribution in [0.5, 0.6) is 0 Å². The van der Waals surface area contributed by atoms with Gasteiger partial charge in [-0.05, 0) is 17.2 Å². The Morgan fingerprint density at radius 3 is 2.50 bits per heavy atom. The van der Waals surface area contributed by atoms with Crippen molar-refractivity contribution in [1.82, 2.24) is 4.90 Å². The van der Waals surface area contributed by atoms with Crippen LogP contribution in [-0.2, 0) is 9.53 Å². The summed E-state index contributed by atoms with van der Waals surface area (Å²) in [5, 5.41) is 19.4. The van der Waals surface area contributed by atoms with Gasteiger partial charge in [0.15, 0.2) is 0 Å². The first-order valence-corrected chi connectivity index (χ1v) is 8.28. The van der Waals surface area contributed by atoms with E-state index in [9.17, 15) is 19.6 Å². The molecule has 0 radical (unpaired) electrons. The lowest BCUT2D eigenvalue weighted by molar-refractivity contribution is -0.150. The largest absolute Gasteiger partial charge is 0.394 e. The lowest BCUT2D eigenvalue weighted by atomic mass is 9.73. The number of hydrogen-bond donors (Lipinski definition) is 1. The smallest absolute Gasteiger partial charge is 0.249 e. The molecule has 1 aliphatic heterocycles. The second-order valence-electron chi connectivity index (χ2n) is 6.15. The molecule has 26 heavy (non-hydrogen) atoms. The van der Waals surface area contributed by atoms with Gasteiger partial charge in [0, 0.05) is 18.6 Å². The normalized spacial score (nSPS) is 21.8. The van der Waals surface area contributed by atoms with E-state index in [1.165, 1.54) is 18.1 Å². The van der Waals surface area contributed by atoms with Gasteiger partial charge in [-0.15, -0.1) is 0 Å². The molecule has 3 rings (SSSR count). The van der Waals surface area contributed by atoms with Crippen molar-refractivity contribution in [3.05, 3.63) is 59.9 Å². The Hall–Kier alpha value is -2.75. The number of aliphatic hydroxyl groups is 1. The monoisotopic (exact) mass is 354 g/mol. The molecule has 3 atom stereocenters. The number of carbonyl (C=O) groups is 1. The fraction of sp³-hybridized carbons (Fsp3) is 0.300. The van der Waals surface area contributed by atoms with E-state index in [0.717, 1.165) is 5.56 Å². The van der Waals surface area contributed by atoms with Gasteiger partial charge < -0.3 is 14.7 Å². The van der Waals surface area contributed by atoms with Crippen LogP contribution in [0, 0.1) is 17.1 Å². The van der Waals surface area contributed by atoms with Crippen molar-refractivity contribution in [3.8, 4) is 17.2 Å². The summed E-state index contributed by atoms with van der Waals surface area (Å²) in [6.07, 6.45) is 0. The maximum atomic E-state index is 14.3. The van der Waals surface area contributed by atoms with Crippen molar-refractivity contribution in [2.45, 2.75) is 18.0 Å². The molecule has 1 aliphatic rings. The highest BCUT2D eigenvalue weighted by Crippen LogP contribution is 2.44. The molecule has 2 aromatic rings. The minimum atomic E-state index is -0.734. The molecule has 2 aromatic carbocycles. The van der Waals surface area contributed by atoms with Crippen LogP contribution in [0.2, 0.25) is 0 Å². The zero-order valence-electron chi connectivity index (χ0n) is 14.3. The number of benzene rings is 2. The molecule has 0 aromatic heterocycles. The Bertz CT molecular complexity index is 849. The van der Waals surface area contributed by atoms with Gasteiger partial charge in [-0.1, -0.05) is 42.5 Å². The fourth-order valence-corrected chi connectivity index (χ4v) is 3.63. The third kappa shape index (κ3) is 2.96. The van der Waals surface area contributed by atoms with Crippen LogP contribution in [0.25, 0.3) is 11.1 Å². The van der Waals surface area contributed by atoms with Crippen molar-refractivity contribution in [1.29, 1.82) is 5.26 Å². The minimum absolute atomic E-state index is 0.156. The van der Waals surface area contributed by atoms with E-state index in [4.69, 9.17) is 4.74 Å². The van der Waals surface area contributed by atoms with E-state index in [0.29, 0.717) is 11.1 Å². The summed E-state index contributed by atoms with van der Waals surface area (Å²) in [4.78, 5) is 13.6. The summed E-state index contributed by atoms with van der Waals surface area (Å²) in [6.45, 7) is -0.444. The summed E-state index contributed by atoms with van der Waals surface area (Å²) in [7, 11) is 1.40. The Morgan fingerprint density at radius 1 is 1.23 bits per heavy atom. The number of carbonyl (C=O) groups excluding carboxylic acids is 1. The number of likely N-dealkylation sites (tertiary alicyclic amines) is 1. The molecule has 134 valence electrons. The Morgan fingerprint density at radius 2 is 1.88 bits per heavy atom. The third-order valence-electron chi connectivity index (χ3n) is 4.77. The number of hydrogen-bond acceptors (Lipinski definition) is 4. The van der Waals surface area contributed by atoms with Crippen LogP contribution in [-0.4, -0.2) is 48.3 Å². The summed E-state index contributed by atoms with van der Waals surface area (Å²) < 4.78 is 19.2. The first-order chi connectivity index (χ1) is 12.6. The summed E-state index contributed by atoms with van der Waals surface area (Å²) in [5.41, 5.74) is 1.83. The van der Waals surface area contributed by atoms with E-state index < -0.39 is 18.0 Å². The fourth-order valence-electron chi connectivity index (χ4n) is 3.63. The average Bonchev–Trinajstić information content (AvgIpc) is 2.63. The van der Waals surface area contributed by atoms with Crippen molar-refractivity contribution in [3.63, 3.8) is 0 Å². The maximum absolute atomic E-state index is 14.3. The number of amides is 1. The van der Waals surface area contributed by atoms with E-state index in [1.807, 2.05) is 12.1 Å². The number of nitrogens with zero attached hydrogens (tertiary/aromatic N) is 2. The second-order valence-corrected chi connectivity index (χ2v) is 6.15. The van der Waals surface area contributed by atoms with Gasteiger partial charge >= 0.3 is 0 Å². The van der Waals surface area contributed by atoms with Crippen molar-refractivity contribution < 1.29 is 19.0 Å². The molecule has 0 unspecified atom stereocenters. The van der Waals surface area contributed by atoms with Crippen molar-refractivity contribution in [2.24, 2.45) is 0 Å². The number of aliphatic hydroxyl groups excluding tert-OH is 1. The maximum Gasteiger partial charge on any atom is 0.249 e. The highest BCUT2D eigenvalue weighted by atomic mass is 19.1. The number of halogens is 1. The van der Waals surface area contributed by atoms with Crippen LogP contribution in [0.4, 0.5) is 4.39 Å². The molecular weight excluding hydrogens is 335 g/mol. The topological polar surface area (TPSA) is 73.6 Å². The standard InChI is InChI=1S/C20H19FN2O3/c1-26-12-19(25)23-17(10-22)20(18(23)11-24)15-8-3-2-6-13(15)14-7-4-5-9-16(14)21/h2-9,17-18,20,24H,11-12H2,1H3/t17-,18+,20-/m1/s1. The number of nitriles is 1. The first kappa shape index (κ1) is 18.1. The van der Waals surface area contributed by atoms with Gasteiger partial charge in [0.2, 0.25) is 5.91 Å². The Kier molecular flexibility index (Phi) is 5.31. The summed E-state index contributed by atoms with van der Waals surface area (Å²) in [6, 6.07) is 14.5. The molecular formula is C20H19FN2O3. The molecule has 1 N–H and O–H groups in total. The molecule has 0 saturated carbocycles. The molecule has 0 spiro atoms. The first-order valence-electron chi connectivity index (χ1n) is 8.28. The predicted octanol–water partition coefficient (Wildman–Crippen LogP) is 2.32. The second kappa shape index (κ2) is 7.65. The van der Waals surface area contributed by atoms with Crippen LogP contribution in [0.15, 0.2) is 48.5 Å². The Labute approximate surface area is 151 Å². The predicted molar refractivity (Wildman–Crippen MR) is 93.6 cm³/mol. The molecule has 0 bridgehead atoms. The van der Waals surface area contributed by atoms with E-state index in [2.05, 4.69) is 6.07 Å². The van der Waals surface area contributed by atoms with Gasteiger partial charge in [-0.25, -0.2) is 4.39 Å². The quantitative estimate of drug-likeness (QED) is 0.894. The van der Waals surface area contributed by atoms with Gasteiger partial charge in [0.05, 0.1) is 18.7 Å². The number of ether oxygens (including phenoxy) is 1. The highest BCUT2D eigenvalue weighted by molar-refractivity contribution is 5.81. The minimum Gasteiger partial charge on any atom is -0.394 e. The van der Waals surface area contributed by atoms with E-state index >= 15 is 0 Å².